The molecule has 8 nitrogen and oxygen atoms in total. The van der Waals surface area contributed by atoms with E-state index >= 15 is 0 Å². The molecular formula is C14H21N3O5. The maximum atomic E-state index is 11.4. The molecule has 1 rings (SSSR count). The van der Waals surface area contributed by atoms with Gasteiger partial charge >= 0.3 is 6.03 Å². The molecule has 0 bridgehead atoms. The Morgan fingerprint density at radius 3 is 2.32 bits per heavy atom. The predicted molar refractivity (Wildman–Crippen MR) is 81.6 cm³/mol. The quantitative estimate of drug-likeness (QED) is 0.563. The van der Waals surface area contributed by atoms with Crippen molar-refractivity contribution in [3.63, 3.8) is 0 Å². The first-order chi connectivity index (χ1) is 10.5. The standard InChI is InChI=1S/C14H21N3O5/c1-4-6-15-14(18)16-7-5-10-8-12(21-2)13(22-3)9-11(10)17(19)20/h8-9H,4-7H2,1-3H3,(H2,15,16,18). The van der Waals surface area contributed by atoms with E-state index in [1.54, 1.807) is 6.07 Å². The maximum Gasteiger partial charge on any atom is 0.314 e. The van der Waals surface area contributed by atoms with E-state index in [4.69, 9.17) is 9.47 Å². The molecule has 0 spiro atoms. The molecule has 2 amide bonds. The third-order valence-electron chi connectivity index (χ3n) is 3.00. The van der Waals surface area contributed by atoms with Gasteiger partial charge in [0.05, 0.1) is 25.2 Å². The predicted octanol–water partition coefficient (Wildman–Crippen LogP) is 1.86. The maximum absolute atomic E-state index is 11.4. The van der Waals surface area contributed by atoms with Crippen LogP contribution in [0.2, 0.25) is 0 Å². The third-order valence-corrected chi connectivity index (χ3v) is 3.00. The highest BCUT2D eigenvalue weighted by Gasteiger charge is 2.19. The number of nitro benzene ring substituents is 1. The van der Waals surface area contributed by atoms with Gasteiger partial charge in [0.2, 0.25) is 0 Å². The topological polar surface area (TPSA) is 103 Å². The van der Waals surface area contributed by atoms with Crippen molar-refractivity contribution < 1.29 is 19.2 Å². The molecule has 122 valence electrons. The number of nitrogens with zero attached hydrogens (tertiary/aromatic N) is 1. The summed E-state index contributed by atoms with van der Waals surface area (Å²) in [6.07, 6.45) is 1.16. The molecular weight excluding hydrogens is 290 g/mol. The van der Waals surface area contributed by atoms with Crippen molar-refractivity contribution in [1.82, 2.24) is 10.6 Å². The summed E-state index contributed by atoms with van der Waals surface area (Å²) in [5, 5.41) is 16.5. The lowest BCUT2D eigenvalue weighted by atomic mass is 10.1. The monoisotopic (exact) mass is 311 g/mol. The number of hydrogen-bond donors (Lipinski definition) is 2. The van der Waals surface area contributed by atoms with Crippen LogP contribution in [0.1, 0.15) is 18.9 Å². The first-order valence-electron chi connectivity index (χ1n) is 6.94. The highest BCUT2D eigenvalue weighted by Crippen LogP contribution is 2.34. The van der Waals surface area contributed by atoms with Crippen molar-refractivity contribution in [3.8, 4) is 11.5 Å². The lowest BCUT2D eigenvalue weighted by Crippen LogP contribution is -2.36. The number of benzene rings is 1. The summed E-state index contributed by atoms with van der Waals surface area (Å²) in [4.78, 5) is 22.1. The zero-order valence-electron chi connectivity index (χ0n) is 13.0. The highest BCUT2D eigenvalue weighted by atomic mass is 16.6. The van der Waals surface area contributed by atoms with E-state index in [-0.39, 0.29) is 18.3 Å². The summed E-state index contributed by atoms with van der Waals surface area (Å²) in [7, 11) is 2.88. The van der Waals surface area contributed by atoms with Gasteiger partial charge in [0.25, 0.3) is 5.69 Å². The second-order valence-corrected chi connectivity index (χ2v) is 4.53. The van der Waals surface area contributed by atoms with E-state index in [0.717, 1.165) is 6.42 Å². The summed E-state index contributed by atoms with van der Waals surface area (Å²) in [5.74, 6) is 0.713. The largest absolute Gasteiger partial charge is 0.493 e. The number of urea groups is 1. The fourth-order valence-electron chi connectivity index (χ4n) is 1.89. The number of amides is 2. The fourth-order valence-corrected chi connectivity index (χ4v) is 1.89. The van der Waals surface area contributed by atoms with E-state index in [0.29, 0.717) is 30.0 Å². The molecule has 0 aliphatic heterocycles. The fraction of sp³-hybridized carbons (Fsp3) is 0.500. The van der Waals surface area contributed by atoms with Crippen molar-refractivity contribution in [3.05, 3.63) is 27.8 Å². The van der Waals surface area contributed by atoms with Gasteiger partial charge in [-0.05, 0) is 18.9 Å². The Balaban J connectivity index is 2.80. The molecule has 1 aromatic rings. The summed E-state index contributed by atoms with van der Waals surface area (Å²) < 4.78 is 10.2. The normalized spacial score (nSPS) is 9.95. The van der Waals surface area contributed by atoms with Crippen LogP contribution in [0.5, 0.6) is 11.5 Å². The molecule has 0 unspecified atom stereocenters. The third kappa shape index (κ3) is 4.80. The smallest absolute Gasteiger partial charge is 0.314 e. The minimum Gasteiger partial charge on any atom is -0.493 e. The molecule has 0 aliphatic carbocycles. The van der Waals surface area contributed by atoms with Gasteiger partial charge in [-0.25, -0.2) is 4.79 Å². The van der Waals surface area contributed by atoms with Crippen molar-refractivity contribution in [2.75, 3.05) is 27.3 Å². The molecule has 0 radical (unpaired) electrons. The summed E-state index contributed by atoms with van der Waals surface area (Å²) in [6.45, 7) is 2.82. The average Bonchev–Trinajstić information content (AvgIpc) is 2.51. The highest BCUT2D eigenvalue weighted by molar-refractivity contribution is 5.73. The van der Waals surface area contributed by atoms with Gasteiger partial charge in [-0.3, -0.25) is 10.1 Å². The Hall–Kier alpha value is -2.51. The van der Waals surface area contributed by atoms with Crippen LogP contribution in [0, 0.1) is 10.1 Å². The van der Waals surface area contributed by atoms with Crippen LogP contribution in [0.15, 0.2) is 12.1 Å². The number of ether oxygens (including phenoxy) is 2. The van der Waals surface area contributed by atoms with Gasteiger partial charge < -0.3 is 20.1 Å². The molecule has 0 aromatic heterocycles. The first kappa shape index (κ1) is 17.5. The minimum absolute atomic E-state index is 0.0617. The van der Waals surface area contributed by atoms with Gasteiger partial charge in [-0.2, -0.15) is 0 Å². The van der Waals surface area contributed by atoms with E-state index in [1.807, 2.05) is 6.92 Å². The summed E-state index contributed by atoms with van der Waals surface area (Å²) in [5.41, 5.74) is 0.409. The zero-order valence-corrected chi connectivity index (χ0v) is 13.0. The van der Waals surface area contributed by atoms with E-state index in [2.05, 4.69) is 10.6 Å². The van der Waals surface area contributed by atoms with Crippen LogP contribution in [0.25, 0.3) is 0 Å². The zero-order chi connectivity index (χ0) is 16.5. The first-order valence-corrected chi connectivity index (χ1v) is 6.94. The molecule has 1 aromatic carbocycles. The van der Waals surface area contributed by atoms with Crippen LogP contribution < -0.4 is 20.1 Å². The van der Waals surface area contributed by atoms with Crippen LogP contribution in [0.4, 0.5) is 10.5 Å². The van der Waals surface area contributed by atoms with E-state index in [9.17, 15) is 14.9 Å². The Kier molecular flexibility index (Phi) is 6.94. The Bertz CT molecular complexity index is 533. The molecule has 0 saturated heterocycles. The number of carbonyl (C=O) groups excluding carboxylic acids is 1. The van der Waals surface area contributed by atoms with Gasteiger partial charge in [-0.15, -0.1) is 0 Å². The Morgan fingerprint density at radius 2 is 1.77 bits per heavy atom. The average molecular weight is 311 g/mol. The minimum atomic E-state index is -0.478. The van der Waals surface area contributed by atoms with Gasteiger partial charge in [0, 0.05) is 18.7 Å². The molecule has 8 heteroatoms. The Morgan fingerprint density at radius 1 is 1.18 bits per heavy atom. The SMILES string of the molecule is CCCNC(=O)NCCc1cc(OC)c(OC)cc1[N+](=O)[O-]. The van der Waals surface area contributed by atoms with Crippen LogP contribution in [-0.4, -0.2) is 38.3 Å². The molecule has 0 fully saturated rings. The molecule has 0 saturated carbocycles. The van der Waals surface area contributed by atoms with Gasteiger partial charge in [0.15, 0.2) is 11.5 Å². The Labute approximate surface area is 128 Å². The second kappa shape index (κ2) is 8.71. The summed E-state index contributed by atoms with van der Waals surface area (Å²) in [6, 6.07) is 2.60. The lowest BCUT2D eigenvalue weighted by molar-refractivity contribution is -0.385. The number of methoxy groups -OCH3 is 2. The molecule has 0 heterocycles. The number of carbonyl (C=O) groups is 1. The molecule has 22 heavy (non-hydrogen) atoms. The number of rotatable bonds is 8. The van der Waals surface area contributed by atoms with Gasteiger partial charge in [0.1, 0.15) is 0 Å². The second-order valence-electron chi connectivity index (χ2n) is 4.53. The number of nitro groups is 1. The van der Waals surface area contributed by atoms with Crippen LogP contribution in [-0.2, 0) is 6.42 Å². The lowest BCUT2D eigenvalue weighted by Gasteiger charge is -2.11. The van der Waals surface area contributed by atoms with E-state index < -0.39 is 4.92 Å². The summed E-state index contributed by atoms with van der Waals surface area (Å²) >= 11 is 0. The van der Waals surface area contributed by atoms with Crippen molar-refractivity contribution in [1.29, 1.82) is 0 Å². The van der Waals surface area contributed by atoms with Gasteiger partial charge in [-0.1, -0.05) is 6.92 Å². The van der Waals surface area contributed by atoms with Crippen molar-refractivity contribution >= 4 is 11.7 Å². The van der Waals surface area contributed by atoms with Crippen molar-refractivity contribution in [2.24, 2.45) is 0 Å². The molecule has 0 atom stereocenters. The van der Waals surface area contributed by atoms with Crippen LogP contribution >= 0.6 is 0 Å². The van der Waals surface area contributed by atoms with Crippen LogP contribution in [0.3, 0.4) is 0 Å². The van der Waals surface area contributed by atoms with E-state index in [1.165, 1.54) is 20.3 Å². The molecule has 0 aliphatic rings. The van der Waals surface area contributed by atoms with Crippen molar-refractivity contribution in [2.45, 2.75) is 19.8 Å². The number of hydrogen-bond acceptors (Lipinski definition) is 5. The number of nitrogens with one attached hydrogen (secondary N) is 2. The molecule has 2 N–H and O–H groups in total.